The first-order valence-corrected chi connectivity index (χ1v) is 16.9. The van der Waals surface area contributed by atoms with Crippen molar-refractivity contribution in [3.63, 3.8) is 0 Å². The predicted molar refractivity (Wildman–Crippen MR) is 203 cm³/mol. The van der Waals surface area contributed by atoms with Crippen molar-refractivity contribution in [3.8, 4) is 28.6 Å². The molecule has 0 aliphatic carbocycles. The molecule has 0 radical (unpaired) electrons. The van der Waals surface area contributed by atoms with E-state index in [0.29, 0.717) is 11.5 Å². The third-order valence-corrected chi connectivity index (χ3v) is 9.67. The third-order valence-electron chi connectivity index (χ3n) is 9.67. The Morgan fingerprint density at radius 1 is 0.686 bits per heavy atom. The number of nitrogens with zero attached hydrogens (tertiary/aromatic N) is 5. The molecule has 0 saturated heterocycles. The van der Waals surface area contributed by atoms with Gasteiger partial charge in [-0.1, -0.05) is 91.2 Å². The Morgan fingerprint density at radius 2 is 1.37 bits per heavy atom. The van der Waals surface area contributed by atoms with Gasteiger partial charge in [0.2, 0.25) is 0 Å². The van der Waals surface area contributed by atoms with Crippen LogP contribution in [0.1, 0.15) is 43.0 Å². The van der Waals surface area contributed by atoms with Crippen molar-refractivity contribution < 1.29 is 25.8 Å². The van der Waals surface area contributed by atoms with Gasteiger partial charge in [-0.05, 0) is 66.3 Å². The molecule has 0 aliphatic rings. The van der Waals surface area contributed by atoms with E-state index >= 15 is 0 Å². The van der Waals surface area contributed by atoms with Crippen LogP contribution in [0.5, 0.6) is 11.5 Å². The van der Waals surface area contributed by atoms with Gasteiger partial charge in [0.1, 0.15) is 11.5 Å². The summed E-state index contributed by atoms with van der Waals surface area (Å²) in [4.78, 5) is 14.9. The van der Waals surface area contributed by atoms with Crippen LogP contribution in [-0.4, -0.2) is 23.9 Å². The van der Waals surface area contributed by atoms with Crippen LogP contribution in [0.25, 0.3) is 66.3 Å². The molecule has 5 heterocycles. The van der Waals surface area contributed by atoms with Gasteiger partial charge in [0.15, 0.2) is 0 Å². The molecule has 0 atom stereocenters. The second-order valence-corrected chi connectivity index (χ2v) is 14.2. The maximum absolute atomic E-state index is 6.59. The average molecular weight is 845 g/mol. The van der Waals surface area contributed by atoms with E-state index in [1.54, 1.807) is 0 Å². The maximum atomic E-state index is 6.59. The first-order chi connectivity index (χ1) is 24.2. The van der Waals surface area contributed by atoms with E-state index in [1.165, 1.54) is 16.7 Å². The van der Waals surface area contributed by atoms with Gasteiger partial charge >= 0.3 is 21.1 Å². The topological polar surface area (TPSA) is 57.2 Å². The van der Waals surface area contributed by atoms with Crippen molar-refractivity contribution in [2.75, 3.05) is 0 Å². The number of benzene rings is 4. The summed E-state index contributed by atoms with van der Waals surface area (Å²) >= 11 is 0. The summed E-state index contributed by atoms with van der Waals surface area (Å²) < 4.78 is 10.9. The number of fused-ring (bicyclic) bond motifs is 9. The fourth-order valence-electron chi connectivity index (χ4n) is 7.59. The molecular formula is C44H35N5OPt. The van der Waals surface area contributed by atoms with E-state index in [0.717, 1.165) is 71.9 Å². The summed E-state index contributed by atoms with van der Waals surface area (Å²) in [5, 5.41) is 5.15. The van der Waals surface area contributed by atoms with Crippen LogP contribution in [0.3, 0.4) is 0 Å². The molecule has 252 valence electrons. The number of hydrogen-bond donors (Lipinski definition) is 0. The zero-order valence-electron chi connectivity index (χ0n) is 29.3. The second-order valence-electron chi connectivity index (χ2n) is 14.2. The molecule has 4 aromatic carbocycles. The largest absolute Gasteiger partial charge is 2.00 e. The zero-order valence-corrected chi connectivity index (χ0v) is 31.5. The van der Waals surface area contributed by atoms with E-state index in [4.69, 9.17) is 19.7 Å². The molecule has 7 heteroatoms. The van der Waals surface area contributed by atoms with E-state index in [9.17, 15) is 0 Å². The van der Waals surface area contributed by atoms with Crippen molar-refractivity contribution in [1.29, 1.82) is 0 Å². The number of pyridine rings is 3. The Morgan fingerprint density at radius 3 is 2.16 bits per heavy atom. The molecule has 5 aromatic heterocycles. The molecule has 0 saturated carbocycles. The summed E-state index contributed by atoms with van der Waals surface area (Å²) in [7, 11) is 0. The van der Waals surface area contributed by atoms with Crippen LogP contribution in [0.15, 0.2) is 104 Å². The Balaban J connectivity index is 0.00000374. The molecule has 0 bridgehead atoms. The Bertz CT molecular complexity index is 2800. The van der Waals surface area contributed by atoms with Gasteiger partial charge in [-0.25, -0.2) is 9.97 Å². The molecule has 0 fully saturated rings. The number of para-hydroxylation sites is 1. The summed E-state index contributed by atoms with van der Waals surface area (Å²) in [5.74, 6) is 2.08. The fraction of sp³-hybridized carbons (Fsp3) is 0.159. The van der Waals surface area contributed by atoms with Gasteiger partial charge in [-0.15, -0.1) is 29.7 Å². The van der Waals surface area contributed by atoms with E-state index < -0.39 is 0 Å². The van der Waals surface area contributed by atoms with Gasteiger partial charge < -0.3 is 13.7 Å². The standard InChI is InChI=1S/C44H35N5O.Pt/c1-26-21-27(2)40(28(3)22-26)37-25-48-41-34(12-9-19-45-41)31-17-15-29(23-35(31)42(48)47-37)50-30-16-18-33-32-11-7-8-14-38(32)49(39(33)24-30)43-36(44(4,5)6)13-10-20-46-43;/h7-22,25H,1-6H3;/q-2;+2. The number of aryl methyl sites for hydroxylation is 3. The van der Waals surface area contributed by atoms with E-state index in [-0.39, 0.29) is 26.5 Å². The number of ether oxygens (including phenoxy) is 1. The monoisotopic (exact) mass is 844 g/mol. The molecule has 0 amide bonds. The van der Waals surface area contributed by atoms with Crippen molar-refractivity contribution in [3.05, 3.63) is 138 Å². The fourth-order valence-corrected chi connectivity index (χ4v) is 7.59. The van der Waals surface area contributed by atoms with Gasteiger partial charge in [0.05, 0.1) is 11.3 Å². The molecule has 9 aromatic rings. The van der Waals surface area contributed by atoms with Gasteiger partial charge in [-0.2, -0.15) is 6.07 Å². The van der Waals surface area contributed by atoms with Gasteiger partial charge in [0.25, 0.3) is 0 Å². The molecular weight excluding hydrogens is 810 g/mol. The predicted octanol–water partition coefficient (Wildman–Crippen LogP) is 10.8. The SMILES string of the molecule is Cc1cc(C)c(-c2cn3c(n2)c2[c-]c(Oc4[c-]c5c(cc4)c4ccccc4n5-c4ncccc4C(C)(C)C)ccc2c2cccnc23)c(C)c1.[Pt+2]. The molecule has 6 nitrogen and oxygen atoms in total. The average Bonchev–Trinajstić information content (AvgIpc) is 3.67. The van der Waals surface area contributed by atoms with Crippen LogP contribution in [0.2, 0.25) is 0 Å². The van der Waals surface area contributed by atoms with Crippen molar-refractivity contribution in [2.45, 2.75) is 47.0 Å². The van der Waals surface area contributed by atoms with Gasteiger partial charge in [0, 0.05) is 46.7 Å². The normalized spacial score (nSPS) is 12.0. The van der Waals surface area contributed by atoms with Crippen LogP contribution in [0.4, 0.5) is 0 Å². The second kappa shape index (κ2) is 12.2. The number of hydrogen-bond acceptors (Lipinski definition) is 4. The minimum atomic E-state index is -0.107. The molecule has 0 aliphatic heterocycles. The molecule has 0 spiro atoms. The molecule has 0 N–H and O–H groups in total. The molecule has 9 rings (SSSR count). The van der Waals surface area contributed by atoms with Crippen LogP contribution in [0, 0.1) is 32.9 Å². The summed E-state index contributed by atoms with van der Waals surface area (Å²) in [6.45, 7) is 13.1. The Kier molecular flexibility index (Phi) is 7.84. The smallest absolute Gasteiger partial charge is 0.503 e. The number of aromatic nitrogens is 5. The molecule has 51 heavy (non-hydrogen) atoms. The minimum Gasteiger partial charge on any atom is -0.503 e. The summed E-state index contributed by atoms with van der Waals surface area (Å²) in [6.07, 6.45) is 5.79. The maximum Gasteiger partial charge on any atom is 2.00 e. The quantitative estimate of drug-likeness (QED) is 0.131. The molecule has 0 unspecified atom stereocenters. The van der Waals surface area contributed by atoms with Crippen LogP contribution < -0.4 is 4.74 Å². The van der Waals surface area contributed by atoms with E-state index in [2.05, 4.69) is 130 Å². The Hall–Kier alpha value is -5.32. The van der Waals surface area contributed by atoms with Crippen molar-refractivity contribution in [1.82, 2.24) is 23.9 Å². The summed E-state index contributed by atoms with van der Waals surface area (Å²) in [6, 6.07) is 36.5. The number of imidazole rings is 1. The first-order valence-electron chi connectivity index (χ1n) is 16.9. The zero-order chi connectivity index (χ0) is 34.3. The van der Waals surface area contributed by atoms with Crippen molar-refractivity contribution in [2.24, 2.45) is 0 Å². The van der Waals surface area contributed by atoms with Crippen LogP contribution in [-0.2, 0) is 26.5 Å². The van der Waals surface area contributed by atoms with E-state index in [1.807, 2.05) is 36.7 Å². The Labute approximate surface area is 311 Å². The number of rotatable bonds is 4. The minimum absolute atomic E-state index is 0. The first kappa shape index (κ1) is 32.9. The van der Waals surface area contributed by atoms with Crippen molar-refractivity contribution >= 4 is 49.3 Å². The summed E-state index contributed by atoms with van der Waals surface area (Å²) in [5.41, 5.74) is 10.4. The third kappa shape index (κ3) is 5.32. The van der Waals surface area contributed by atoms with Gasteiger partial charge in [-0.3, -0.25) is 4.98 Å². The van der Waals surface area contributed by atoms with Crippen LogP contribution >= 0.6 is 0 Å².